The summed E-state index contributed by atoms with van der Waals surface area (Å²) in [6, 6.07) is 7.05. The highest BCUT2D eigenvalue weighted by Crippen LogP contribution is 2.35. The van der Waals surface area contributed by atoms with Gasteiger partial charge in [-0.05, 0) is 58.5 Å². The Balaban J connectivity index is 2.01. The predicted octanol–water partition coefficient (Wildman–Crippen LogP) is 2.57. The summed E-state index contributed by atoms with van der Waals surface area (Å²) in [6.07, 6.45) is 1.21. The average molecular weight is 540 g/mol. The summed E-state index contributed by atoms with van der Waals surface area (Å²) in [7, 11) is 1.34. The first-order valence-electron chi connectivity index (χ1n) is 8.61. The number of imide groups is 2. The molecule has 1 aliphatic rings. The number of carbonyl (C=O) groups excluding carboxylic acids is 3. The monoisotopic (exact) mass is 540 g/mol. The molecule has 1 fully saturated rings. The van der Waals surface area contributed by atoms with Crippen LogP contribution in [0.3, 0.4) is 0 Å². The molecular formula is C20H14FIN2O7. The van der Waals surface area contributed by atoms with Crippen molar-refractivity contribution >= 4 is 58.2 Å². The normalized spacial score (nSPS) is 15.1. The molecule has 3 rings (SSSR count). The van der Waals surface area contributed by atoms with Crippen molar-refractivity contribution in [3.8, 4) is 11.5 Å². The molecule has 0 aromatic heterocycles. The summed E-state index contributed by atoms with van der Waals surface area (Å²) in [6.45, 7) is -0.590. The van der Waals surface area contributed by atoms with Gasteiger partial charge >= 0.3 is 12.0 Å². The van der Waals surface area contributed by atoms with Gasteiger partial charge < -0.3 is 14.6 Å². The number of nitrogens with one attached hydrogen (secondary N) is 1. The van der Waals surface area contributed by atoms with Gasteiger partial charge in [0.15, 0.2) is 18.1 Å². The lowest BCUT2D eigenvalue weighted by Crippen LogP contribution is -2.54. The Morgan fingerprint density at radius 1 is 1.26 bits per heavy atom. The van der Waals surface area contributed by atoms with Crippen molar-refractivity contribution in [1.29, 1.82) is 0 Å². The number of rotatable bonds is 6. The van der Waals surface area contributed by atoms with E-state index in [1.54, 1.807) is 0 Å². The predicted molar refractivity (Wildman–Crippen MR) is 114 cm³/mol. The Bertz CT molecular complexity index is 1130. The lowest BCUT2D eigenvalue weighted by molar-refractivity contribution is -0.139. The molecular weight excluding hydrogens is 526 g/mol. The van der Waals surface area contributed by atoms with Gasteiger partial charge in [0.2, 0.25) is 0 Å². The maximum absolute atomic E-state index is 14.1. The topological polar surface area (TPSA) is 122 Å². The second-order valence-electron chi connectivity index (χ2n) is 6.13. The number of benzene rings is 2. The minimum absolute atomic E-state index is 0.172. The third-order valence-corrected chi connectivity index (χ3v) is 4.90. The lowest BCUT2D eigenvalue weighted by Gasteiger charge is -2.26. The van der Waals surface area contributed by atoms with Gasteiger partial charge in [-0.3, -0.25) is 14.9 Å². The number of amides is 4. The molecule has 31 heavy (non-hydrogen) atoms. The quantitative estimate of drug-likeness (QED) is 0.328. The largest absolute Gasteiger partial charge is 0.493 e. The van der Waals surface area contributed by atoms with E-state index in [0.29, 0.717) is 14.0 Å². The van der Waals surface area contributed by atoms with Crippen LogP contribution in [-0.2, 0) is 14.4 Å². The van der Waals surface area contributed by atoms with Crippen LogP contribution in [0.5, 0.6) is 11.5 Å². The number of anilines is 1. The fourth-order valence-electron chi connectivity index (χ4n) is 2.77. The van der Waals surface area contributed by atoms with Crippen molar-refractivity contribution in [2.75, 3.05) is 18.6 Å². The first-order chi connectivity index (χ1) is 14.7. The molecule has 9 nitrogen and oxygen atoms in total. The molecule has 0 spiro atoms. The lowest BCUT2D eigenvalue weighted by atomic mass is 10.1. The number of hydrogen-bond donors (Lipinski definition) is 2. The summed E-state index contributed by atoms with van der Waals surface area (Å²) in [5.41, 5.74) is -0.363. The molecule has 0 atom stereocenters. The molecule has 2 aromatic rings. The zero-order chi connectivity index (χ0) is 22.7. The molecule has 160 valence electrons. The van der Waals surface area contributed by atoms with Gasteiger partial charge in [0, 0.05) is 0 Å². The van der Waals surface area contributed by atoms with Crippen molar-refractivity contribution < 1.29 is 38.1 Å². The smallest absolute Gasteiger partial charge is 0.341 e. The number of ether oxygens (including phenoxy) is 2. The number of barbiturate groups is 1. The SMILES string of the molecule is COc1cc(/C=C2\C(=O)NC(=O)N(c3ccccc3F)C2=O)cc(I)c1OCC(=O)O. The Hall–Kier alpha value is -3.48. The molecule has 2 aromatic carbocycles. The van der Waals surface area contributed by atoms with Crippen LogP contribution in [0.15, 0.2) is 42.0 Å². The highest BCUT2D eigenvalue weighted by Gasteiger charge is 2.38. The fraction of sp³-hybridized carbons (Fsp3) is 0.100. The van der Waals surface area contributed by atoms with E-state index in [9.17, 15) is 23.6 Å². The first kappa shape index (κ1) is 22.2. The molecule has 0 aliphatic carbocycles. The number of nitrogens with zero attached hydrogens (tertiary/aromatic N) is 1. The number of carboxylic acid groups (broad SMARTS) is 1. The van der Waals surface area contributed by atoms with Gasteiger partial charge in [-0.15, -0.1) is 0 Å². The number of carboxylic acids is 1. The van der Waals surface area contributed by atoms with E-state index in [1.165, 1.54) is 43.5 Å². The summed E-state index contributed by atoms with van der Waals surface area (Å²) in [5.74, 6) is -3.58. The highest BCUT2D eigenvalue weighted by molar-refractivity contribution is 14.1. The molecule has 2 N–H and O–H groups in total. The maximum atomic E-state index is 14.1. The van der Waals surface area contributed by atoms with Crippen LogP contribution in [0.2, 0.25) is 0 Å². The number of carbonyl (C=O) groups is 4. The second kappa shape index (κ2) is 9.12. The summed E-state index contributed by atoms with van der Waals surface area (Å²) < 4.78 is 25.0. The van der Waals surface area contributed by atoms with Gasteiger partial charge in [0.25, 0.3) is 11.8 Å². The Kier molecular flexibility index (Phi) is 6.53. The van der Waals surface area contributed by atoms with Crippen LogP contribution < -0.4 is 19.7 Å². The third kappa shape index (κ3) is 4.66. The molecule has 0 saturated carbocycles. The van der Waals surface area contributed by atoms with Gasteiger partial charge in [0.1, 0.15) is 11.4 Å². The van der Waals surface area contributed by atoms with Gasteiger partial charge in [0.05, 0.1) is 16.4 Å². The first-order valence-corrected chi connectivity index (χ1v) is 9.69. The summed E-state index contributed by atoms with van der Waals surface area (Å²) in [4.78, 5) is 48.7. The fourth-order valence-corrected chi connectivity index (χ4v) is 3.55. The van der Waals surface area contributed by atoms with Crippen molar-refractivity contribution in [3.63, 3.8) is 0 Å². The average Bonchev–Trinajstić information content (AvgIpc) is 2.71. The number of para-hydroxylation sites is 1. The standard InChI is InChI=1S/C20H14FIN2O7/c1-30-15-8-10(7-13(22)17(15)31-9-16(25)26)6-11-18(27)23-20(29)24(19(11)28)14-5-3-2-4-12(14)21/h2-8H,9H2,1H3,(H,25,26)(H,23,27,29)/b11-6+. The summed E-state index contributed by atoms with van der Waals surface area (Å²) >= 11 is 1.88. The number of hydrogen-bond acceptors (Lipinski definition) is 6. The van der Waals surface area contributed by atoms with E-state index in [2.05, 4.69) is 0 Å². The van der Waals surface area contributed by atoms with Crippen LogP contribution in [0.25, 0.3) is 6.08 Å². The van der Waals surface area contributed by atoms with E-state index >= 15 is 0 Å². The van der Waals surface area contributed by atoms with Crippen molar-refractivity contribution in [1.82, 2.24) is 5.32 Å². The van der Waals surface area contributed by atoms with Crippen molar-refractivity contribution in [2.45, 2.75) is 0 Å². The molecule has 4 amide bonds. The van der Waals surface area contributed by atoms with Crippen LogP contribution in [0.1, 0.15) is 5.56 Å². The number of urea groups is 1. The maximum Gasteiger partial charge on any atom is 0.341 e. The highest BCUT2D eigenvalue weighted by atomic mass is 127. The van der Waals surface area contributed by atoms with Gasteiger partial charge in [-0.1, -0.05) is 12.1 Å². The van der Waals surface area contributed by atoms with E-state index in [0.717, 1.165) is 6.07 Å². The molecule has 11 heteroatoms. The van der Waals surface area contributed by atoms with Gasteiger partial charge in [-0.2, -0.15) is 0 Å². The molecule has 1 aliphatic heterocycles. The van der Waals surface area contributed by atoms with Crippen LogP contribution in [-0.4, -0.2) is 42.6 Å². The minimum atomic E-state index is -1.17. The molecule has 1 heterocycles. The third-order valence-electron chi connectivity index (χ3n) is 4.10. The molecule has 1 saturated heterocycles. The number of halogens is 2. The summed E-state index contributed by atoms with van der Waals surface area (Å²) in [5, 5.41) is 10.8. The Labute approximate surface area is 188 Å². The zero-order valence-corrected chi connectivity index (χ0v) is 18.0. The van der Waals surface area contributed by atoms with Crippen LogP contribution >= 0.6 is 22.6 Å². The minimum Gasteiger partial charge on any atom is -0.493 e. The van der Waals surface area contributed by atoms with E-state index in [-0.39, 0.29) is 17.2 Å². The van der Waals surface area contributed by atoms with Crippen LogP contribution in [0, 0.1) is 9.39 Å². The molecule has 0 unspecified atom stereocenters. The Morgan fingerprint density at radius 3 is 2.61 bits per heavy atom. The van der Waals surface area contributed by atoms with Crippen molar-refractivity contribution in [3.05, 3.63) is 56.9 Å². The van der Waals surface area contributed by atoms with Crippen LogP contribution in [0.4, 0.5) is 14.9 Å². The van der Waals surface area contributed by atoms with E-state index < -0.39 is 41.8 Å². The molecule has 0 bridgehead atoms. The van der Waals surface area contributed by atoms with E-state index in [1.807, 2.05) is 27.9 Å². The molecule has 0 radical (unpaired) electrons. The second-order valence-corrected chi connectivity index (χ2v) is 7.29. The van der Waals surface area contributed by atoms with Gasteiger partial charge in [-0.25, -0.2) is 18.9 Å². The number of methoxy groups -OCH3 is 1. The Morgan fingerprint density at radius 2 is 1.97 bits per heavy atom. The number of aliphatic carboxylic acids is 1. The van der Waals surface area contributed by atoms with E-state index in [4.69, 9.17) is 14.6 Å². The van der Waals surface area contributed by atoms with Crippen molar-refractivity contribution in [2.24, 2.45) is 0 Å². The zero-order valence-electron chi connectivity index (χ0n) is 15.8.